The Kier molecular flexibility index (Phi) is 1.90. The minimum atomic E-state index is 0.198. The number of nitrogens with one attached hydrogen (secondary N) is 1. The summed E-state index contributed by atoms with van der Waals surface area (Å²) in [5.74, 6) is 0.198. The van der Waals surface area contributed by atoms with Crippen molar-refractivity contribution in [1.82, 2.24) is 0 Å². The first-order valence-corrected chi connectivity index (χ1v) is 6.36. The number of hydrogen-bond donors (Lipinski definition) is 1. The molecule has 1 aliphatic heterocycles. The minimum Gasteiger partial charge on any atom is -0.384 e. The first-order chi connectivity index (χ1) is 8.83. The van der Waals surface area contributed by atoms with E-state index in [4.69, 9.17) is 0 Å². The first-order valence-electron chi connectivity index (χ1n) is 6.36. The summed E-state index contributed by atoms with van der Waals surface area (Å²) in [5, 5.41) is 8.14. The number of ketones is 1. The fourth-order valence-corrected chi connectivity index (χ4v) is 3.00. The fraction of sp³-hybridized carbons (Fsp3) is 0.188. The average molecular weight is 235 g/mol. The molecule has 0 bridgehead atoms. The first kappa shape index (κ1) is 9.89. The van der Waals surface area contributed by atoms with Crippen molar-refractivity contribution in [3.63, 3.8) is 0 Å². The molecule has 2 aliphatic rings. The zero-order valence-electron chi connectivity index (χ0n) is 9.99. The van der Waals surface area contributed by atoms with Crippen LogP contribution in [0.1, 0.15) is 12.0 Å². The molecule has 2 heteroatoms. The second kappa shape index (κ2) is 3.45. The molecule has 0 amide bonds. The van der Waals surface area contributed by atoms with Crippen molar-refractivity contribution in [2.24, 2.45) is 0 Å². The van der Waals surface area contributed by atoms with Crippen molar-refractivity contribution in [3.8, 4) is 0 Å². The van der Waals surface area contributed by atoms with E-state index in [9.17, 15) is 4.79 Å². The number of benzene rings is 2. The van der Waals surface area contributed by atoms with Gasteiger partial charge in [-0.2, -0.15) is 0 Å². The standard InChI is InChI=1S/C16H13NO/c18-12-4-1-10-2-6-14-13(15(10)9-12)5-3-11-7-8-17-16(11)14/h1-3,5-6,9,17H,4,7-8H2. The van der Waals surface area contributed by atoms with E-state index in [0.29, 0.717) is 6.42 Å². The van der Waals surface area contributed by atoms with E-state index >= 15 is 0 Å². The van der Waals surface area contributed by atoms with E-state index in [2.05, 4.69) is 29.6 Å². The number of rotatable bonds is 0. The van der Waals surface area contributed by atoms with Gasteiger partial charge in [-0.15, -0.1) is 0 Å². The van der Waals surface area contributed by atoms with Crippen LogP contribution < -0.4 is 15.8 Å². The maximum atomic E-state index is 11.6. The van der Waals surface area contributed by atoms with Gasteiger partial charge in [0.15, 0.2) is 5.78 Å². The maximum Gasteiger partial charge on any atom is 0.160 e. The summed E-state index contributed by atoms with van der Waals surface area (Å²) >= 11 is 0. The SMILES string of the molecule is O=C1C=c2c(ccc3c4c(ccc23)CCN4)=CC1. The largest absolute Gasteiger partial charge is 0.384 e. The lowest BCUT2D eigenvalue weighted by atomic mass is 9.98. The maximum absolute atomic E-state index is 11.6. The normalized spacial score (nSPS) is 16.6. The van der Waals surface area contributed by atoms with Crippen LogP contribution in [0.25, 0.3) is 22.9 Å². The highest BCUT2D eigenvalue weighted by Crippen LogP contribution is 2.29. The van der Waals surface area contributed by atoms with E-state index in [1.165, 1.54) is 27.2 Å². The summed E-state index contributed by atoms with van der Waals surface area (Å²) in [6.45, 7) is 1.01. The van der Waals surface area contributed by atoms with Gasteiger partial charge in [-0.1, -0.05) is 30.3 Å². The third kappa shape index (κ3) is 1.26. The van der Waals surface area contributed by atoms with Gasteiger partial charge in [0.1, 0.15) is 0 Å². The predicted octanol–water partition coefficient (Wildman–Crippen LogP) is 1.34. The number of carbonyl (C=O) groups excluding carboxylic acids is 1. The number of anilines is 1. The zero-order valence-corrected chi connectivity index (χ0v) is 9.99. The van der Waals surface area contributed by atoms with Crippen molar-refractivity contribution in [2.45, 2.75) is 12.8 Å². The molecule has 2 aromatic carbocycles. The predicted molar refractivity (Wildman–Crippen MR) is 73.9 cm³/mol. The Bertz CT molecular complexity index is 802. The van der Waals surface area contributed by atoms with Crippen molar-refractivity contribution < 1.29 is 4.79 Å². The highest BCUT2D eigenvalue weighted by molar-refractivity contribution is 6.11. The Morgan fingerprint density at radius 2 is 1.94 bits per heavy atom. The monoisotopic (exact) mass is 235 g/mol. The van der Waals surface area contributed by atoms with Gasteiger partial charge < -0.3 is 5.32 Å². The Labute approximate surface area is 105 Å². The molecule has 1 aliphatic carbocycles. The molecule has 0 saturated heterocycles. The van der Waals surface area contributed by atoms with Crippen LogP contribution in [-0.4, -0.2) is 12.3 Å². The zero-order chi connectivity index (χ0) is 12.1. The molecule has 0 radical (unpaired) electrons. The number of Topliss-reactive ketones (excluding diaryl/α,β-unsaturated/α-hetero) is 1. The Morgan fingerprint density at radius 1 is 1.06 bits per heavy atom. The van der Waals surface area contributed by atoms with Crippen molar-refractivity contribution in [1.29, 1.82) is 0 Å². The Balaban J connectivity index is 2.21. The lowest BCUT2D eigenvalue weighted by Gasteiger charge is -2.08. The van der Waals surface area contributed by atoms with Crippen LogP contribution in [0.15, 0.2) is 24.3 Å². The molecule has 2 nitrogen and oxygen atoms in total. The van der Waals surface area contributed by atoms with E-state index in [1.54, 1.807) is 6.08 Å². The molecular formula is C16H13NO. The van der Waals surface area contributed by atoms with Gasteiger partial charge >= 0.3 is 0 Å². The van der Waals surface area contributed by atoms with Crippen LogP contribution in [-0.2, 0) is 11.2 Å². The van der Waals surface area contributed by atoms with Gasteiger partial charge in [0, 0.05) is 24.0 Å². The fourth-order valence-electron chi connectivity index (χ4n) is 3.00. The molecule has 0 aromatic heterocycles. The molecule has 0 saturated carbocycles. The van der Waals surface area contributed by atoms with Crippen molar-refractivity contribution in [2.75, 3.05) is 11.9 Å². The topological polar surface area (TPSA) is 29.1 Å². The highest BCUT2D eigenvalue weighted by Gasteiger charge is 2.14. The average Bonchev–Trinajstić information content (AvgIpc) is 2.86. The van der Waals surface area contributed by atoms with Crippen molar-refractivity contribution >= 4 is 34.4 Å². The summed E-state index contributed by atoms with van der Waals surface area (Å²) in [6.07, 6.45) is 5.44. The van der Waals surface area contributed by atoms with Crippen LogP contribution >= 0.6 is 0 Å². The van der Waals surface area contributed by atoms with Crippen LogP contribution in [0.4, 0.5) is 5.69 Å². The minimum absolute atomic E-state index is 0.198. The van der Waals surface area contributed by atoms with Gasteiger partial charge in [0.2, 0.25) is 0 Å². The summed E-state index contributed by atoms with van der Waals surface area (Å²) in [6, 6.07) is 8.64. The van der Waals surface area contributed by atoms with Crippen LogP contribution in [0.2, 0.25) is 0 Å². The third-order valence-electron chi connectivity index (χ3n) is 3.89. The summed E-state index contributed by atoms with van der Waals surface area (Å²) < 4.78 is 0. The van der Waals surface area contributed by atoms with Crippen molar-refractivity contribution in [3.05, 3.63) is 40.3 Å². The Hall–Kier alpha value is -2.09. The van der Waals surface area contributed by atoms with Gasteiger partial charge in [-0.3, -0.25) is 4.79 Å². The van der Waals surface area contributed by atoms with Gasteiger partial charge in [-0.25, -0.2) is 0 Å². The summed E-state index contributed by atoms with van der Waals surface area (Å²) in [7, 11) is 0. The molecule has 18 heavy (non-hydrogen) atoms. The highest BCUT2D eigenvalue weighted by atomic mass is 16.1. The van der Waals surface area contributed by atoms with Crippen LogP contribution in [0, 0.1) is 0 Å². The summed E-state index contributed by atoms with van der Waals surface area (Å²) in [4.78, 5) is 11.6. The summed E-state index contributed by atoms with van der Waals surface area (Å²) in [5.41, 5.74) is 2.63. The van der Waals surface area contributed by atoms with Crippen LogP contribution in [0.5, 0.6) is 0 Å². The van der Waals surface area contributed by atoms with E-state index in [1.807, 2.05) is 6.08 Å². The molecule has 2 aromatic rings. The van der Waals surface area contributed by atoms with E-state index in [-0.39, 0.29) is 5.78 Å². The lowest BCUT2D eigenvalue weighted by Crippen LogP contribution is -2.29. The van der Waals surface area contributed by atoms with E-state index in [0.717, 1.165) is 18.2 Å². The molecule has 0 fully saturated rings. The Morgan fingerprint density at radius 3 is 2.89 bits per heavy atom. The number of carbonyl (C=O) groups is 1. The quantitative estimate of drug-likeness (QED) is 0.746. The second-order valence-electron chi connectivity index (χ2n) is 4.96. The molecule has 0 unspecified atom stereocenters. The van der Waals surface area contributed by atoms with Gasteiger partial charge in [0.05, 0.1) is 0 Å². The molecule has 0 atom stereocenters. The molecule has 1 heterocycles. The second-order valence-corrected chi connectivity index (χ2v) is 4.96. The molecule has 1 N–H and O–H groups in total. The van der Waals surface area contributed by atoms with Gasteiger partial charge in [0.25, 0.3) is 0 Å². The molecular weight excluding hydrogens is 222 g/mol. The number of fused-ring (bicyclic) bond motifs is 5. The lowest BCUT2D eigenvalue weighted by molar-refractivity contribution is -0.112. The molecule has 88 valence electrons. The smallest absolute Gasteiger partial charge is 0.160 e. The molecule has 0 spiro atoms. The van der Waals surface area contributed by atoms with E-state index < -0.39 is 0 Å². The number of hydrogen-bond acceptors (Lipinski definition) is 2. The molecule has 4 rings (SSSR count). The third-order valence-corrected chi connectivity index (χ3v) is 3.89. The van der Waals surface area contributed by atoms with Gasteiger partial charge in [-0.05, 0) is 33.9 Å². The van der Waals surface area contributed by atoms with Crippen LogP contribution in [0.3, 0.4) is 0 Å².